The first-order valence-electron chi connectivity index (χ1n) is 7.40. The van der Waals surface area contributed by atoms with Crippen LogP contribution in [0.15, 0.2) is 16.6 Å². The van der Waals surface area contributed by atoms with E-state index in [1.807, 2.05) is 6.07 Å². The van der Waals surface area contributed by atoms with Crippen molar-refractivity contribution >= 4 is 47.4 Å². The van der Waals surface area contributed by atoms with Crippen molar-refractivity contribution in [1.29, 1.82) is 0 Å². The lowest BCUT2D eigenvalue weighted by Gasteiger charge is -2.42. The highest BCUT2D eigenvalue weighted by Crippen LogP contribution is 2.43. The van der Waals surface area contributed by atoms with Crippen molar-refractivity contribution in [3.8, 4) is 0 Å². The summed E-state index contributed by atoms with van der Waals surface area (Å²) in [7, 11) is -1.87. The Labute approximate surface area is 148 Å². The van der Waals surface area contributed by atoms with E-state index in [2.05, 4.69) is 57.5 Å². The first-order chi connectivity index (χ1) is 9.62. The molecule has 0 spiro atoms. The highest BCUT2D eigenvalue weighted by molar-refractivity contribution is 9.10. The van der Waals surface area contributed by atoms with Gasteiger partial charge in [0.15, 0.2) is 0 Å². The molecule has 0 atom stereocenters. The van der Waals surface area contributed by atoms with Crippen LogP contribution < -0.4 is 0 Å². The normalized spacial score (nSPS) is 12.8. The number of rotatable bonds is 6. The van der Waals surface area contributed by atoms with Gasteiger partial charge in [-0.3, -0.25) is 0 Å². The van der Waals surface area contributed by atoms with Crippen LogP contribution in [-0.2, 0) is 11.0 Å². The van der Waals surface area contributed by atoms with Crippen molar-refractivity contribution in [2.45, 2.75) is 64.8 Å². The maximum atomic E-state index is 6.57. The molecule has 0 aliphatic carbocycles. The summed E-state index contributed by atoms with van der Waals surface area (Å²) in [4.78, 5) is 0. The van der Waals surface area contributed by atoms with Gasteiger partial charge in [-0.1, -0.05) is 64.7 Å². The molecule has 0 unspecified atom stereocenters. The van der Waals surface area contributed by atoms with E-state index in [-0.39, 0.29) is 0 Å². The molecule has 120 valence electrons. The van der Waals surface area contributed by atoms with Crippen LogP contribution in [0.3, 0.4) is 0 Å². The van der Waals surface area contributed by atoms with Crippen LogP contribution in [0, 0.1) is 0 Å². The van der Waals surface area contributed by atoms with E-state index in [1.165, 1.54) is 0 Å². The van der Waals surface area contributed by atoms with Crippen LogP contribution in [0.5, 0.6) is 0 Å². The van der Waals surface area contributed by atoms with Gasteiger partial charge in [0.25, 0.3) is 0 Å². The highest BCUT2D eigenvalue weighted by Gasteiger charge is 2.45. The molecule has 1 aromatic carbocycles. The standard InChI is InChI=1S/C16H25BrCl2OSi/c1-10(2)21(11(3)4,12(5)6)20-9-13-7-14(17)16(19)8-15(13)18/h7-8,10-12H,9H2,1-6H3. The molecule has 1 nitrogen and oxygen atoms in total. The van der Waals surface area contributed by atoms with Crippen molar-refractivity contribution in [2.75, 3.05) is 0 Å². The molecular formula is C16H25BrCl2OSi. The van der Waals surface area contributed by atoms with E-state index < -0.39 is 8.32 Å². The zero-order valence-corrected chi connectivity index (χ0v) is 17.7. The number of halogens is 3. The van der Waals surface area contributed by atoms with Crippen molar-refractivity contribution < 1.29 is 4.43 Å². The summed E-state index contributed by atoms with van der Waals surface area (Å²) in [5.74, 6) is 0. The molecule has 0 bridgehead atoms. The fourth-order valence-corrected chi connectivity index (χ4v) is 9.61. The summed E-state index contributed by atoms with van der Waals surface area (Å²) < 4.78 is 7.43. The highest BCUT2D eigenvalue weighted by atomic mass is 79.9. The first-order valence-corrected chi connectivity index (χ1v) is 11.1. The lowest BCUT2D eigenvalue weighted by molar-refractivity contribution is 0.266. The predicted octanol–water partition coefficient (Wildman–Crippen LogP) is 7.45. The van der Waals surface area contributed by atoms with Crippen LogP contribution in [0.2, 0.25) is 26.7 Å². The second-order valence-electron chi connectivity index (χ2n) is 6.46. The van der Waals surface area contributed by atoms with Crippen molar-refractivity contribution in [3.05, 3.63) is 32.2 Å². The molecule has 0 aliphatic rings. The van der Waals surface area contributed by atoms with Gasteiger partial charge in [0.1, 0.15) is 0 Å². The van der Waals surface area contributed by atoms with Gasteiger partial charge in [-0.2, -0.15) is 0 Å². The molecule has 5 heteroatoms. The third-order valence-corrected chi connectivity index (χ3v) is 11.9. The summed E-state index contributed by atoms with van der Waals surface area (Å²) in [6.45, 7) is 14.3. The average Bonchev–Trinajstić information content (AvgIpc) is 2.34. The molecule has 0 heterocycles. The maximum absolute atomic E-state index is 6.57. The van der Waals surface area contributed by atoms with Gasteiger partial charge in [-0.15, -0.1) is 0 Å². The first kappa shape index (κ1) is 19.5. The van der Waals surface area contributed by atoms with Gasteiger partial charge in [-0.25, -0.2) is 0 Å². The molecule has 0 saturated carbocycles. The smallest absolute Gasteiger partial charge is 0.200 e. The minimum absolute atomic E-state index is 0.551. The van der Waals surface area contributed by atoms with Crippen LogP contribution >= 0.6 is 39.1 Å². The molecule has 0 N–H and O–H groups in total. The molecule has 0 amide bonds. The average molecular weight is 412 g/mol. The van der Waals surface area contributed by atoms with E-state index in [0.717, 1.165) is 10.0 Å². The van der Waals surface area contributed by atoms with Crippen molar-refractivity contribution in [1.82, 2.24) is 0 Å². The fraction of sp³-hybridized carbons (Fsp3) is 0.625. The fourth-order valence-electron chi connectivity index (χ4n) is 3.38. The molecule has 0 fully saturated rings. The minimum atomic E-state index is -1.87. The summed E-state index contributed by atoms with van der Waals surface area (Å²) in [6.07, 6.45) is 0. The van der Waals surface area contributed by atoms with Gasteiger partial charge >= 0.3 is 0 Å². The second-order valence-corrected chi connectivity index (χ2v) is 13.6. The quantitative estimate of drug-likeness (QED) is 0.348. The number of benzene rings is 1. The predicted molar refractivity (Wildman–Crippen MR) is 100.0 cm³/mol. The largest absolute Gasteiger partial charge is 0.412 e. The zero-order chi connectivity index (χ0) is 16.4. The third kappa shape index (κ3) is 4.26. The van der Waals surface area contributed by atoms with E-state index in [9.17, 15) is 0 Å². The van der Waals surface area contributed by atoms with Gasteiger partial charge < -0.3 is 4.43 Å². The lowest BCUT2D eigenvalue weighted by atomic mass is 10.2. The monoisotopic (exact) mass is 410 g/mol. The Morgan fingerprint density at radius 2 is 1.43 bits per heavy atom. The molecule has 21 heavy (non-hydrogen) atoms. The van der Waals surface area contributed by atoms with Gasteiger partial charge in [0.2, 0.25) is 8.32 Å². The zero-order valence-electron chi connectivity index (χ0n) is 13.6. The Bertz CT molecular complexity index is 468. The third-order valence-electron chi connectivity index (χ3n) is 4.27. The van der Waals surface area contributed by atoms with Crippen LogP contribution in [0.25, 0.3) is 0 Å². The number of hydrogen-bond donors (Lipinski definition) is 0. The molecule has 0 aliphatic heterocycles. The molecule has 1 rings (SSSR count). The van der Waals surface area contributed by atoms with Crippen molar-refractivity contribution in [3.63, 3.8) is 0 Å². The Morgan fingerprint density at radius 1 is 0.952 bits per heavy atom. The summed E-state index contributed by atoms with van der Waals surface area (Å²) in [5, 5.41) is 1.30. The van der Waals surface area contributed by atoms with Crippen molar-refractivity contribution in [2.24, 2.45) is 0 Å². The molecule has 0 saturated heterocycles. The summed E-state index contributed by atoms with van der Waals surface area (Å²) in [6, 6.07) is 3.74. The van der Waals surface area contributed by atoms with E-state index in [0.29, 0.717) is 33.3 Å². The van der Waals surface area contributed by atoms with Gasteiger partial charge in [0, 0.05) is 9.50 Å². The SMILES string of the molecule is CC(C)[Si](OCc1cc(Br)c(Cl)cc1Cl)(C(C)C)C(C)C. The van der Waals surface area contributed by atoms with E-state index >= 15 is 0 Å². The topological polar surface area (TPSA) is 9.23 Å². The Balaban J connectivity index is 3.05. The molecule has 1 aromatic rings. The van der Waals surface area contributed by atoms with Crippen LogP contribution in [0.1, 0.15) is 47.1 Å². The molecule has 0 aromatic heterocycles. The maximum Gasteiger partial charge on any atom is 0.200 e. The molecular weight excluding hydrogens is 387 g/mol. The molecule has 0 radical (unpaired) electrons. The van der Waals surface area contributed by atoms with Gasteiger partial charge in [0.05, 0.1) is 11.6 Å². The lowest BCUT2D eigenvalue weighted by Crippen LogP contribution is -2.47. The second kappa shape index (κ2) is 7.83. The number of hydrogen-bond acceptors (Lipinski definition) is 1. The van der Waals surface area contributed by atoms with E-state index in [1.54, 1.807) is 6.07 Å². The van der Waals surface area contributed by atoms with E-state index in [4.69, 9.17) is 27.6 Å². The Hall–Kier alpha value is 0.457. The Kier molecular flexibility index (Phi) is 7.27. The summed E-state index contributed by atoms with van der Waals surface area (Å²) in [5.41, 5.74) is 2.68. The summed E-state index contributed by atoms with van der Waals surface area (Å²) >= 11 is 15.8. The Morgan fingerprint density at radius 3 is 1.86 bits per heavy atom. The minimum Gasteiger partial charge on any atom is -0.412 e. The van der Waals surface area contributed by atoms with Crippen LogP contribution in [-0.4, -0.2) is 8.32 Å². The van der Waals surface area contributed by atoms with Gasteiger partial charge in [-0.05, 0) is 50.2 Å². The van der Waals surface area contributed by atoms with Crippen LogP contribution in [0.4, 0.5) is 0 Å².